The van der Waals surface area contributed by atoms with E-state index in [0.29, 0.717) is 12.1 Å². The van der Waals surface area contributed by atoms with Crippen LogP contribution in [0.15, 0.2) is 41.2 Å². The van der Waals surface area contributed by atoms with Gasteiger partial charge >= 0.3 is 5.97 Å². The van der Waals surface area contributed by atoms with Crippen LogP contribution in [0.25, 0.3) is 22.3 Å². The molecule has 0 radical (unpaired) electrons. The minimum absolute atomic E-state index is 0.109. The van der Waals surface area contributed by atoms with Crippen molar-refractivity contribution in [1.29, 1.82) is 0 Å². The zero-order chi connectivity index (χ0) is 16.8. The average Bonchev–Trinajstić information content (AvgIpc) is 2.91. The average molecular weight is 320 g/mol. The van der Waals surface area contributed by atoms with Gasteiger partial charge in [0.25, 0.3) is 5.56 Å². The molecule has 3 heterocycles. The third kappa shape index (κ3) is 2.05. The van der Waals surface area contributed by atoms with Crippen molar-refractivity contribution in [3.63, 3.8) is 0 Å². The number of benzene rings is 1. The molecular weight excluding hydrogens is 304 g/mol. The molecule has 5 nitrogen and oxygen atoms in total. The number of aryl methyl sites for hydroxylation is 1. The van der Waals surface area contributed by atoms with Crippen LogP contribution in [0.3, 0.4) is 0 Å². The fourth-order valence-electron chi connectivity index (χ4n) is 3.25. The van der Waals surface area contributed by atoms with Gasteiger partial charge in [0.15, 0.2) is 0 Å². The number of hydrogen-bond donors (Lipinski definition) is 0. The lowest BCUT2D eigenvalue weighted by molar-refractivity contribution is 0.0523. The predicted molar refractivity (Wildman–Crippen MR) is 91.2 cm³/mol. The Morgan fingerprint density at radius 1 is 1.29 bits per heavy atom. The number of para-hydroxylation sites is 1. The molecule has 120 valence electrons. The van der Waals surface area contributed by atoms with Gasteiger partial charge in [-0.15, -0.1) is 0 Å². The molecule has 1 aliphatic heterocycles. The summed E-state index contributed by atoms with van der Waals surface area (Å²) in [5.41, 5.74) is 3.86. The van der Waals surface area contributed by atoms with Crippen molar-refractivity contribution in [2.45, 2.75) is 20.4 Å². The number of carbonyl (C=O) groups is 1. The standard InChI is InChI=1S/C19H16N2O3/c1-3-24-19(23)16-11(2)8-15-17-13(10-21(15)18(16)22)9-12-6-4-5-7-14(12)20-17/h4-9H,3,10H2,1-2H3. The maximum Gasteiger partial charge on any atom is 0.344 e. The Morgan fingerprint density at radius 2 is 2.08 bits per heavy atom. The lowest BCUT2D eigenvalue weighted by Crippen LogP contribution is -2.28. The van der Waals surface area contributed by atoms with E-state index in [1.165, 1.54) is 0 Å². The highest BCUT2D eigenvalue weighted by Crippen LogP contribution is 2.32. The summed E-state index contributed by atoms with van der Waals surface area (Å²) < 4.78 is 6.63. The van der Waals surface area contributed by atoms with Gasteiger partial charge in [0.05, 0.1) is 30.1 Å². The number of aromatic nitrogens is 2. The van der Waals surface area contributed by atoms with E-state index in [2.05, 4.69) is 6.07 Å². The van der Waals surface area contributed by atoms with Gasteiger partial charge in [0, 0.05) is 10.9 Å². The van der Waals surface area contributed by atoms with E-state index in [9.17, 15) is 9.59 Å². The Hall–Kier alpha value is -2.95. The molecule has 0 fully saturated rings. The fourth-order valence-corrected chi connectivity index (χ4v) is 3.25. The SMILES string of the molecule is CCOC(=O)c1c(C)cc2n(c1=O)Cc1cc3ccccc3nc1-2. The fraction of sp³-hybridized carbons (Fsp3) is 0.211. The monoisotopic (exact) mass is 320 g/mol. The van der Waals surface area contributed by atoms with E-state index in [1.54, 1.807) is 18.4 Å². The molecular formula is C19H16N2O3. The summed E-state index contributed by atoms with van der Waals surface area (Å²) in [5, 5.41) is 1.04. The number of nitrogens with zero attached hydrogens (tertiary/aromatic N) is 2. The van der Waals surface area contributed by atoms with Crippen LogP contribution >= 0.6 is 0 Å². The smallest absolute Gasteiger partial charge is 0.344 e. The van der Waals surface area contributed by atoms with Gasteiger partial charge in [-0.25, -0.2) is 9.78 Å². The Labute approximate surface area is 138 Å². The van der Waals surface area contributed by atoms with E-state index >= 15 is 0 Å². The van der Waals surface area contributed by atoms with Gasteiger partial charge in [0.1, 0.15) is 5.56 Å². The number of rotatable bonds is 2. The highest BCUT2D eigenvalue weighted by molar-refractivity contribution is 5.91. The van der Waals surface area contributed by atoms with Crippen LogP contribution in [0, 0.1) is 6.92 Å². The lowest BCUT2D eigenvalue weighted by Gasteiger charge is -2.09. The third-order valence-electron chi connectivity index (χ3n) is 4.35. The van der Waals surface area contributed by atoms with Crippen molar-refractivity contribution in [2.75, 3.05) is 6.61 Å². The quantitative estimate of drug-likeness (QED) is 0.533. The number of fused-ring (bicyclic) bond motifs is 4. The lowest BCUT2D eigenvalue weighted by atomic mass is 10.1. The molecule has 0 saturated heterocycles. The highest BCUT2D eigenvalue weighted by atomic mass is 16.5. The van der Waals surface area contributed by atoms with Crippen molar-refractivity contribution >= 4 is 16.9 Å². The molecule has 0 saturated carbocycles. The molecule has 0 unspecified atom stereocenters. The normalized spacial score (nSPS) is 12.1. The topological polar surface area (TPSA) is 61.2 Å². The van der Waals surface area contributed by atoms with Gasteiger partial charge in [-0.3, -0.25) is 4.79 Å². The molecule has 0 N–H and O–H groups in total. The molecule has 24 heavy (non-hydrogen) atoms. The molecule has 4 rings (SSSR count). The summed E-state index contributed by atoms with van der Waals surface area (Å²) in [5.74, 6) is -0.565. The zero-order valence-electron chi connectivity index (χ0n) is 13.5. The van der Waals surface area contributed by atoms with Crippen molar-refractivity contribution < 1.29 is 9.53 Å². The maximum atomic E-state index is 12.8. The third-order valence-corrected chi connectivity index (χ3v) is 4.35. The summed E-state index contributed by atoms with van der Waals surface area (Å²) in [6, 6.07) is 11.8. The van der Waals surface area contributed by atoms with Crippen molar-refractivity contribution in [2.24, 2.45) is 0 Å². The van der Waals surface area contributed by atoms with E-state index in [4.69, 9.17) is 9.72 Å². The Balaban J connectivity index is 1.94. The second kappa shape index (κ2) is 5.30. The molecule has 5 heteroatoms. The van der Waals surface area contributed by atoms with Crippen molar-refractivity contribution in [3.05, 3.63) is 63.4 Å². The minimum atomic E-state index is -0.565. The van der Waals surface area contributed by atoms with E-state index < -0.39 is 5.97 Å². The second-order valence-electron chi connectivity index (χ2n) is 5.89. The summed E-state index contributed by atoms with van der Waals surface area (Å²) in [7, 11) is 0. The van der Waals surface area contributed by atoms with E-state index in [-0.39, 0.29) is 17.7 Å². The number of esters is 1. The molecule has 0 spiro atoms. The van der Waals surface area contributed by atoms with E-state index in [1.807, 2.05) is 30.3 Å². The largest absolute Gasteiger partial charge is 0.462 e. The maximum absolute atomic E-state index is 12.8. The molecule has 0 bridgehead atoms. The van der Waals surface area contributed by atoms with Crippen LogP contribution in [-0.2, 0) is 11.3 Å². The predicted octanol–water partition coefficient (Wildman–Crippen LogP) is 2.91. The minimum Gasteiger partial charge on any atom is -0.462 e. The van der Waals surface area contributed by atoms with Crippen LogP contribution < -0.4 is 5.56 Å². The molecule has 0 atom stereocenters. The van der Waals surface area contributed by atoms with Crippen LogP contribution in [0.1, 0.15) is 28.4 Å². The first kappa shape index (κ1) is 14.6. The Kier molecular flexibility index (Phi) is 3.23. The van der Waals surface area contributed by atoms with Crippen molar-refractivity contribution in [3.8, 4) is 11.4 Å². The molecule has 1 aromatic carbocycles. The van der Waals surface area contributed by atoms with Crippen molar-refractivity contribution in [1.82, 2.24) is 9.55 Å². The first-order valence-corrected chi connectivity index (χ1v) is 7.90. The summed E-state index contributed by atoms with van der Waals surface area (Å²) in [6.45, 7) is 4.15. The first-order chi connectivity index (χ1) is 11.6. The molecule has 2 aromatic heterocycles. The van der Waals surface area contributed by atoms with Gasteiger partial charge < -0.3 is 9.30 Å². The van der Waals surface area contributed by atoms with Crippen LogP contribution in [0.5, 0.6) is 0 Å². The highest BCUT2D eigenvalue weighted by Gasteiger charge is 2.26. The van der Waals surface area contributed by atoms with Gasteiger partial charge in [0.2, 0.25) is 0 Å². The van der Waals surface area contributed by atoms with Gasteiger partial charge in [-0.2, -0.15) is 0 Å². The number of carbonyl (C=O) groups excluding carboxylic acids is 1. The second-order valence-corrected chi connectivity index (χ2v) is 5.89. The molecule has 0 aliphatic carbocycles. The molecule has 3 aromatic rings. The summed E-state index contributed by atoms with van der Waals surface area (Å²) in [4.78, 5) is 29.6. The molecule has 1 aliphatic rings. The van der Waals surface area contributed by atoms with E-state index in [0.717, 1.165) is 27.9 Å². The Bertz CT molecular complexity index is 1050. The number of hydrogen-bond acceptors (Lipinski definition) is 4. The summed E-state index contributed by atoms with van der Waals surface area (Å²) >= 11 is 0. The first-order valence-electron chi connectivity index (χ1n) is 7.90. The number of pyridine rings is 2. The van der Waals surface area contributed by atoms with Gasteiger partial charge in [-0.1, -0.05) is 18.2 Å². The Morgan fingerprint density at radius 3 is 2.88 bits per heavy atom. The van der Waals surface area contributed by atoms with Crippen LogP contribution in [-0.4, -0.2) is 22.1 Å². The number of ether oxygens (including phenoxy) is 1. The zero-order valence-corrected chi connectivity index (χ0v) is 13.5. The molecule has 0 amide bonds. The summed E-state index contributed by atoms with van der Waals surface area (Å²) in [6.07, 6.45) is 0. The van der Waals surface area contributed by atoms with Crippen LogP contribution in [0.2, 0.25) is 0 Å². The van der Waals surface area contributed by atoms with Crippen LogP contribution in [0.4, 0.5) is 0 Å². The van der Waals surface area contributed by atoms with Gasteiger partial charge in [-0.05, 0) is 37.6 Å².